The van der Waals surface area contributed by atoms with Gasteiger partial charge in [-0.1, -0.05) is 6.07 Å². The van der Waals surface area contributed by atoms with Crippen LogP contribution in [0.3, 0.4) is 0 Å². The molecule has 0 saturated carbocycles. The van der Waals surface area contributed by atoms with Crippen LogP contribution in [-0.2, 0) is 0 Å². The fourth-order valence-electron chi connectivity index (χ4n) is 1.20. The SMILES string of the molecule is COc1c(C)ccc(C#N)c1[N+](=O)[O-]. The van der Waals surface area contributed by atoms with Crippen molar-refractivity contribution in [2.45, 2.75) is 6.92 Å². The minimum atomic E-state index is -0.607. The molecule has 0 fully saturated rings. The van der Waals surface area contributed by atoms with Gasteiger partial charge in [-0.05, 0) is 18.6 Å². The number of nitriles is 1. The molecule has 0 spiro atoms. The number of nitrogens with zero attached hydrogens (tertiary/aromatic N) is 2. The average molecular weight is 192 g/mol. The number of methoxy groups -OCH3 is 1. The van der Waals surface area contributed by atoms with Gasteiger partial charge >= 0.3 is 5.69 Å². The summed E-state index contributed by atoms with van der Waals surface area (Å²) in [5.74, 6) is 0.147. The summed E-state index contributed by atoms with van der Waals surface area (Å²) >= 11 is 0. The summed E-state index contributed by atoms with van der Waals surface area (Å²) in [5.41, 5.74) is 0.380. The topological polar surface area (TPSA) is 76.2 Å². The van der Waals surface area contributed by atoms with Crippen LogP contribution in [0.25, 0.3) is 0 Å². The molecule has 0 aliphatic rings. The Bertz CT molecular complexity index is 421. The monoisotopic (exact) mass is 192 g/mol. The summed E-state index contributed by atoms with van der Waals surface area (Å²) < 4.78 is 4.89. The highest BCUT2D eigenvalue weighted by Crippen LogP contribution is 2.33. The van der Waals surface area contributed by atoms with E-state index in [0.717, 1.165) is 0 Å². The van der Waals surface area contributed by atoms with Crippen molar-refractivity contribution < 1.29 is 9.66 Å². The van der Waals surface area contributed by atoms with Crippen molar-refractivity contribution in [1.82, 2.24) is 0 Å². The van der Waals surface area contributed by atoms with Gasteiger partial charge in [0.15, 0.2) is 0 Å². The van der Waals surface area contributed by atoms with Gasteiger partial charge in [0.1, 0.15) is 11.6 Å². The molecule has 0 saturated heterocycles. The molecule has 0 bridgehead atoms. The maximum Gasteiger partial charge on any atom is 0.328 e. The van der Waals surface area contributed by atoms with Crippen LogP contribution in [0, 0.1) is 28.4 Å². The van der Waals surface area contributed by atoms with E-state index in [1.165, 1.54) is 13.2 Å². The average Bonchev–Trinajstić information content (AvgIpc) is 2.17. The Balaban J connectivity index is 3.54. The molecule has 0 amide bonds. The number of nitro groups is 1. The zero-order valence-corrected chi connectivity index (χ0v) is 7.77. The van der Waals surface area contributed by atoms with Crippen molar-refractivity contribution in [3.8, 4) is 11.8 Å². The quantitative estimate of drug-likeness (QED) is 0.528. The zero-order valence-electron chi connectivity index (χ0n) is 7.77. The van der Waals surface area contributed by atoms with E-state index in [1.54, 1.807) is 19.1 Å². The van der Waals surface area contributed by atoms with E-state index in [-0.39, 0.29) is 17.0 Å². The van der Waals surface area contributed by atoms with Gasteiger partial charge in [0.05, 0.1) is 12.0 Å². The molecule has 0 aliphatic heterocycles. The van der Waals surface area contributed by atoms with Crippen LogP contribution < -0.4 is 4.74 Å². The molecule has 72 valence electrons. The molecular formula is C9H8N2O3. The Labute approximate surface area is 80.7 Å². The molecule has 0 heterocycles. The Kier molecular flexibility index (Phi) is 2.67. The van der Waals surface area contributed by atoms with Gasteiger partial charge in [-0.2, -0.15) is 5.26 Å². The van der Waals surface area contributed by atoms with Gasteiger partial charge in [-0.25, -0.2) is 0 Å². The molecular weight excluding hydrogens is 184 g/mol. The van der Waals surface area contributed by atoms with Crippen LogP contribution in [0.4, 0.5) is 5.69 Å². The van der Waals surface area contributed by atoms with Gasteiger partial charge in [0.25, 0.3) is 0 Å². The molecule has 5 nitrogen and oxygen atoms in total. The lowest BCUT2D eigenvalue weighted by molar-refractivity contribution is -0.386. The molecule has 1 aromatic rings. The van der Waals surface area contributed by atoms with Crippen molar-refractivity contribution in [3.05, 3.63) is 33.4 Å². The lowest BCUT2D eigenvalue weighted by Gasteiger charge is -2.05. The second-order valence-electron chi connectivity index (χ2n) is 2.68. The first-order valence-electron chi connectivity index (χ1n) is 3.84. The summed E-state index contributed by atoms with van der Waals surface area (Å²) in [5, 5.41) is 19.4. The molecule has 0 unspecified atom stereocenters. The van der Waals surface area contributed by atoms with Crippen LogP contribution in [0.2, 0.25) is 0 Å². The first-order valence-corrected chi connectivity index (χ1v) is 3.84. The van der Waals surface area contributed by atoms with Crippen molar-refractivity contribution in [1.29, 1.82) is 5.26 Å². The Morgan fingerprint density at radius 1 is 1.57 bits per heavy atom. The Morgan fingerprint density at radius 2 is 2.21 bits per heavy atom. The second-order valence-corrected chi connectivity index (χ2v) is 2.68. The molecule has 1 aromatic carbocycles. The highest BCUT2D eigenvalue weighted by molar-refractivity contribution is 5.61. The third kappa shape index (κ3) is 1.50. The standard InChI is InChI=1S/C9H8N2O3/c1-6-3-4-7(5-10)8(11(12)13)9(6)14-2/h3-4H,1-2H3. The number of benzene rings is 1. The number of rotatable bonds is 2. The molecule has 0 atom stereocenters. The first-order chi connectivity index (χ1) is 6.61. The minimum absolute atomic E-state index is 0.0115. The molecule has 0 aromatic heterocycles. The van der Waals surface area contributed by atoms with Crippen molar-refractivity contribution in [2.24, 2.45) is 0 Å². The largest absolute Gasteiger partial charge is 0.490 e. The lowest BCUT2D eigenvalue weighted by atomic mass is 10.1. The van der Waals surface area contributed by atoms with Crippen molar-refractivity contribution in [2.75, 3.05) is 7.11 Å². The predicted molar refractivity (Wildman–Crippen MR) is 49.1 cm³/mol. The number of ether oxygens (including phenoxy) is 1. The predicted octanol–water partition coefficient (Wildman–Crippen LogP) is 1.78. The van der Waals surface area contributed by atoms with Crippen LogP contribution >= 0.6 is 0 Å². The van der Waals surface area contributed by atoms with Crippen molar-refractivity contribution >= 4 is 5.69 Å². The fraction of sp³-hybridized carbons (Fsp3) is 0.222. The summed E-state index contributed by atoms with van der Waals surface area (Å²) in [6, 6.07) is 4.79. The van der Waals surface area contributed by atoms with Gasteiger partial charge in [0, 0.05) is 0 Å². The molecule has 5 heteroatoms. The normalized spacial score (nSPS) is 9.21. The summed E-state index contributed by atoms with van der Waals surface area (Å²) in [4.78, 5) is 10.1. The van der Waals surface area contributed by atoms with Crippen molar-refractivity contribution in [3.63, 3.8) is 0 Å². The van der Waals surface area contributed by atoms with Gasteiger partial charge in [-0.3, -0.25) is 10.1 Å². The van der Waals surface area contributed by atoms with E-state index in [1.807, 2.05) is 0 Å². The van der Waals surface area contributed by atoms with Crippen LogP contribution in [0.15, 0.2) is 12.1 Å². The van der Waals surface area contributed by atoms with Crippen LogP contribution in [0.5, 0.6) is 5.75 Å². The number of hydrogen-bond acceptors (Lipinski definition) is 4. The highest BCUT2D eigenvalue weighted by Gasteiger charge is 2.22. The van der Waals surface area contributed by atoms with E-state index in [0.29, 0.717) is 5.56 Å². The summed E-state index contributed by atoms with van der Waals surface area (Å²) in [6.45, 7) is 1.69. The van der Waals surface area contributed by atoms with E-state index in [4.69, 9.17) is 10.00 Å². The second kappa shape index (κ2) is 3.75. The van der Waals surface area contributed by atoms with Gasteiger partial charge in [-0.15, -0.1) is 0 Å². The number of aryl methyl sites for hydroxylation is 1. The smallest absolute Gasteiger partial charge is 0.328 e. The third-order valence-electron chi connectivity index (χ3n) is 1.84. The molecule has 0 radical (unpaired) electrons. The zero-order chi connectivity index (χ0) is 10.7. The molecule has 1 rings (SSSR count). The molecule has 0 aliphatic carbocycles. The summed E-state index contributed by atoms with van der Waals surface area (Å²) in [7, 11) is 1.34. The van der Waals surface area contributed by atoms with E-state index in [2.05, 4.69) is 0 Å². The molecule has 14 heavy (non-hydrogen) atoms. The van der Waals surface area contributed by atoms with E-state index >= 15 is 0 Å². The van der Waals surface area contributed by atoms with Gasteiger partial charge in [0.2, 0.25) is 5.75 Å². The Morgan fingerprint density at radius 3 is 2.64 bits per heavy atom. The Hall–Kier alpha value is -2.09. The number of nitro benzene ring substituents is 1. The van der Waals surface area contributed by atoms with E-state index in [9.17, 15) is 10.1 Å². The van der Waals surface area contributed by atoms with Crippen LogP contribution in [0.1, 0.15) is 11.1 Å². The third-order valence-corrected chi connectivity index (χ3v) is 1.84. The fourth-order valence-corrected chi connectivity index (χ4v) is 1.20. The highest BCUT2D eigenvalue weighted by atomic mass is 16.6. The van der Waals surface area contributed by atoms with Crippen LogP contribution in [-0.4, -0.2) is 12.0 Å². The summed E-state index contributed by atoms with van der Waals surface area (Å²) in [6.07, 6.45) is 0. The maximum absolute atomic E-state index is 10.7. The first kappa shape index (κ1) is 9.99. The van der Waals surface area contributed by atoms with E-state index < -0.39 is 4.92 Å². The maximum atomic E-state index is 10.7. The minimum Gasteiger partial charge on any atom is -0.490 e. The number of hydrogen-bond donors (Lipinski definition) is 0. The molecule has 0 N–H and O–H groups in total. The van der Waals surface area contributed by atoms with Gasteiger partial charge < -0.3 is 4.74 Å². The lowest BCUT2D eigenvalue weighted by Crippen LogP contribution is -1.98.